The molecular weight excluding hydrogens is 379 g/mol. The average molecular weight is 403 g/mol. The number of thioether (sulfide) groups is 1. The predicted octanol–water partition coefficient (Wildman–Crippen LogP) is 1.68. The Kier molecular flexibility index (Phi) is 6.87. The van der Waals surface area contributed by atoms with E-state index in [0.717, 1.165) is 12.2 Å². The Hall–Kier alpha value is -0.775. The van der Waals surface area contributed by atoms with Crippen molar-refractivity contribution >= 4 is 42.0 Å². The van der Waals surface area contributed by atoms with E-state index >= 15 is 0 Å². The van der Waals surface area contributed by atoms with Gasteiger partial charge >= 0.3 is 7.12 Å². The largest absolute Gasteiger partial charge is 0.454 e. The van der Waals surface area contributed by atoms with Gasteiger partial charge in [0, 0.05) is 5.75 Å². The van der Waals surface area contributed by atoms with E-state index in [0.29, 0.717) is 23.1 Å². The minimum Gasteiger partial charge on any atom is -0.404 e. The predicted molar refractivity (Wildman–Crippen MR) is 103 cm³/mol. The van der Waals surface area contributed by atoms with Gasteiger partial charge in [-0.25, -0.2) is 9.97 Å². The zero-order valence-corrected chi connectivity index (χ0v) is 16.4. The molecule has 3 rings (SSSR count). The van der Waals surface area contributed by atoms with E-state index in [9.17, 15) is 0 Å². The Balaban J connectivity index is 1.76. The second-order valence-electron chi connectivity index (χ2n) is 6.30. The molecule has 11 heteroatoms. The maximum absolute atomic E-state index is 9.03. The maximum Gasteiger partial charge on any atom is 0.454 e. The highest BCUT2D eigenvalue weighted by Gasteiger charge is 2.52. The number of aliphatic hydroxyl groups is 1. The lowest BCUT2D eigenvalue weighted by Crippen LogP contribution is -2.34. The Morgan fingerprint density at radius 3 is 2.92 bits per heavy atom. The molecular formula is C15H24BClN4O4S. The molecule has 2 heterocycles. The van der Waals surface area contributed by atoms with Crippen molar-refractivity contribution in [1.29, 1.82) is 0 Å². The molecule has 1 saturated heterocycles. The Morgan fingerprint density at radius 1 is 1.42 bits per heavy atom. The van der Waals surface area contributed by atoms with Gasteiger partial charge in [-0.1, -0.05) is 30.3 Å². The number of hydrogen-bond donors (Lipinski definition) is 3. The van der Waals surface area contributed by atoms with Crippen molar-refractivity contribution < 1.29 is 19.2 Å². The molecule has 0 aromatic carbocycles. The van der Waals surface area contributed by atoms with Gasteiger partial charge in [-0.2, -0.15) is 0 Å². The first kappa shape index (κ1) is 20.0. The molecule has 26 heavy (non-hydrogen) atoms. The SMILES string of the molecule is CCCSc1nc(Cl)c(N)c(N[C@@H]2C[C@H](OCCO)[C@H]3OB(C)O[C@H]32)n1. The third-order valence-electron chi connectivity index (χ3n) is 4.33. The number of hydrogen-bond acceptors (Lipinski definition) is 9. The van der Waals surface area contributed by atoms with Crippen LogP contribution in [0.3, 0.4) is 0 Å². The van der Waals surface area contributed by atoms with Crippen LogP contribution in [-0.2, 0) is 14.0 Å². The summed E-state index contributed by atoms with van der Waals surface area (Å²) in [5.74, 6) is 1.40. The van der Waals surface area contributed by atoms with Gasteiger partial charge in [-0.15, -0.1) is 0 Å². The average Bonchev–Trinajstić information content (AvgIpc) is 3.14. The van der Waals surface area contributed by atoms with Gasteiger partial charge < -0.3 is 30.2 Å². The third-order valence-corrected chi connectivity index (χ3v) is 5.67. The summed E-state index contributed by atoms with van der Waals surface area (Å²) in [6.07, 6.45) is 1.12. The van der Waals surface area contributed by atoms with Crippen LogP contribution in [0, 0.1) is 0 Å². The van der Waals surface area contributed by atoms with Crippen molar-refractivity contribution in [2.75, 3.05) is 30.0 Å². The van der Waals surface area contributed by atoms with Crippen molar-refractivity contribution in [3.8, 4) is 0 Å². The van der Waals surface area contributed by atoms with Gasteiger partial charge in [-0.05, 0) is 19.7 Å². The van der Waals surface area contributed by atoms with Crippen LogP contribution in [0.2, 0.25) is 12.0 Å². The van der Waals surface area contributed by atoms with Crippen LogP contribution in [0.1, 0.15) is 19.8 Å². The molecule has 144 valence electrons. The van der Waals surface area contributed by atoms with Gasteiger partial charge in [0.15, 0.2) is 16.1 Å². The fraction of sp³-hybridized carbons (Fsp3) is 0.733. The van der Waals surface area contributed by atoms with Gasteiger partial charge in [0.1, 0.15) is 5.69 Å². The third kappa shape index (κ3) is 4.37. The topological polar surface area (TPSA) is 112 Å². The summed E-state index contributed by atoms with van der Waals surface area (Å²) in [7, 11) is -0.308. The van der Waals surface area contributed by atoms with Crippen molar-refractivity contribution in [3.63, 3.8) is 0 Å². The van der Waals surface area contributed by atoms with Gasteiger partial charge in [0.05, 0.1) is 37.6 Å². The first-order chi connectivity index (χ1) is 12.5. The van der Waals surface area contributed by atoms with Crippen LogP contribution < -0.4 is 11.1 Å². The molecule has 1 aliphatic carbocycles. The second kappa shape index (κ2) is 8.94. The van der Waals surface area contributed by atoms with Crippen LogP contribution in [-0.4, -0.2) is 65.5 Å². The molecule has 0 spiro atoms. The number of halogens is 1. The standard InChI is InChI=1S/C15H24BClN4O4S/c1-3-6-26-15-20-13(17)10(18)14(21-15)19-8-7-9(23-5-4-22)12-11(8)24-16(2)25-12/h8-9,11-12,22H,3-7,18H2,1-2H3,(H,19,20,21)/t8-,9+,11+,12-/m1/s1. The van der Waals surface area contributed by atoms with E-state index in [4.69, 9.17) is 36.5 Å². The first-order valence-electron chi connectivity index (χ1n) is 8.79. The minimum absolute atomic E-state index is 0.0329. The lowest BCUT2D eigenvalue weighted by atomic mass is 9.96. The molecule has 4 N–H and O–H groups in total. The van der Waals surface area contributed by atoms with Crippen LogP contribution in [0.4, 0.5) is 11.5 Å². The molecule has 2 fully saturated rings. The maximum atomic E-state index is 9.03. The zero-order valence-electron chi connectivity index (χ0n) is 14.9. The van der Waals surface area contributed by atoms with E-state index in [-0.39, 0.29) is 49.8 Å². The molecule has 4 atom stereocenters. The second-order valence-corrected chi connectivity index (χ2v) is 7.72. The number of fused-ring (bicyclic) bond motifs is 1. The van der Waals surface area contributed by atoms with Gasteiger partial charge in [-0.3, -0.25) is 0 Å². The van der Waals surface area contributed by atoms with Crippen molar-refractivity contribution in [3.05, 3.63) is 5.15 Å². The highest BCUT2D eigenvalue weighted by Crippen LogP contribution is 2.37. The smallest absolute Gasteiger partial charge is 0.404 e. The zero-order chi connectivity index (χ0) is 18.7. The van der Waals surface area contributed by atoms with Crippen LogP contribution >= 0.6 is 23.4 Å². The number of aliphatic hydroxyl groups excluding tert-OH is 1. The van der Waals surface area contributed by atoms with E-state index in [1.54, 1.807) is 0 Å². The molecule has 1 aliphatic heterocycles. The molecule has 0 unspecified atom stereocenters. The molecule has 1 saturated carbocycles. The summed E-state index contributed by atoms with van der Waals surface area (Å²) in [6, 6.07) is -0.0917. The summed E-state index contributed by atoms with van der Waals surface area (Å²) in [6.45, 7) is 4.18. The lowest BCUT2D eigenvalue weighted by Gasteiger charge is -2.21. The molecule has 1 aromatic heterocycles. The summed E-state index contributed by atoms with van der Waals surface area (Å²) in [5, 5.41) is 13.2. The van der Waals surface area contributed by atoms with Crippen LogP contribution in [0.15, 0.2) is 5.16 Å². The van der Waals surface area contributed by atoms with E-state index in [1.807, 2.05) is 6.82 Å². The lowest BCUT2D eigenvalue weighted by molar-refractivity contribution is -0.0212. The molecule has 0 amide bonds. The number of nitrogen functional groups attached to an aromatic ring is 1. The number of nitrogens with zero attached hydrogens (tertiary/aromatic N) is 2. The Labute approximate surface area is 162 Å². The number of aromatic nitrogens is 2. The van der Waals surface area contributed by atoms with Gasteiger partial charge in [0.2, 0.25) is 0 Å². The molecule has 0 radical (unpaired) electrons. The Bertz CT molecular complexity index is 632. The number of anilines is 2. The fourth-order valence-corrected chi connectivity index (χ4v) is 4.16. The normalized spacial score (nSPS) is 27.8. The summed E-state index contributed by atoms with van der Waals surface area (Å²) in [4.78, 5) is 8.73. The fourth-order valence-electron chi connectivity index (χ4n) is 3.25. The number of nitrogens with two attached hydrogens (primary N) is 1. The molecule has 2 aliphatic rings. The molecule has 1 aromatic rings. The highest BCUT2D eigenvalue weighted by molar-refractivity contribution is 7.99. The highest BCUT2D eigenvalue weighted by atomic mass is 35.5. The van der Waals surface area contributed by atoms with Crippen molar-refractivity contribution in [2.24, 2.45) is 0 Å². The monoisotopic (exact) mass is 402 g/mol. The van der Waals surface area contributed by atoms with Gasteiger partial charge in [0.25, 0.3) is 0 Å². The summed E-state index contributed by atoms with van der Waals surface area (Å²) >= 11 is 7.71. The summed E-state index contributed by atoms with van der Waals surface area (Å²) in [5.41, 5.74) is 6.39. The molecule has 8 nitrogen and oxygen atoms in total. The van der Waals surface area contributed by atoms with E-state index < -0.39 is 0 Å². The Morgan fingerprint density at radius 2 is 2.19 bits per heavy atom. The first-order valence-corrected chi connectivity index (χ1v) is 10.2. The van der Waals surface area contributed by atoms with E-state index in [1.165, 1.54) is 11.8 Å². The number of nitrogens with one attached hydrogen (secondary N) is 1. The molecule has 0 bridgehead atoms. The summed E-state index contributed by atoms with van der Waals surface area (Å²) < 4.78 is 17.5. The number of rotatable bonds is 8. The van der Waals surface area contributed by atoms with Crippen molar-refractivity contribution in [2.45, 2.75) is 56.1 Å². The number of ether oxygens (including phenoxy) is 1. The van der Waals surface area contributed by atoms with E-state index in [2.05, 4.69) is 22.2 Å². The van der Waals surface area contributed by atoms with Crippen molar-refractivity contribution in [1.82, 2.24) is 9.97 Å². The minimum atomic E-state index is -0.308. The quantitative estimate of drug-likeness (QED) is 0.259. The van der Waals surface area contributed by atoms with Crippen LogP contribution in [0.25, 0.3) is 0 Å². The van der Waals surface area contributed by atoms with Crippen LogP contribution in [0.5, 0.6) is 0 Å².